The van der Waals surface area contributed by atoms with Crippen LogP contribution >= 0.6 is 0 Å². The highest BCUT2D eigenvalue weighted by molar-refractivity contribution is 5.69. The quantitative estimate of drug-likeness (QED) is 0.659. The van der Waals surface area contributed by atoms with Crippen molar-refractivity contribution in [2.75, 3.05) is 0 Å². The summed E-state index contributed by atoms with van der Waals surface area (Å²) in [4.78, 5) is 11.6. The number of hydrogen-bond acceptors (Lipinski definition) is 2. The number of ether oxygens (including phenoxy) is 1. The van der Waals surface area contributed by atoms with E-state index in [9.17, 15) is 4.79 Å². The maximum atomic E-state index is 11.6. The molecule has 1 aliphatic heterocycles. The highest BCUT2D eigenvalue weighted by atomic mass is 16.5. The van der Waals surface area contributed by atoms with Crippen molar-refractivity contribution < 1.29 is 9.53 Å². The zero-order valence-electron chi connectivity index (χ0n) is 10.7. The third-order valence-corrected chi connectivity index (χ3v) is 3.32. The van der Waals surface area contributed by atoms with E-state index < -0.39 is 0 Å². The largest absolute Gasteiger partial charge is 0.462 e. The first kappa shape index (κ1) is 13.5. The summed E-state index contributed by atoms with van der Waals surface area (Å²) < 4.78 is 5.52. The molecule has 1 aliphatic rings. The van der Waals surface area contributed by atoms with Crippen molar-refractivity contribution in [1.82, 2.24) is 0 Å². The molecule has 2 heteroatoms. The Bertz CT molecular complexity index is 189. The van der Waals surface area contributed by atoms with Crippen LogP contribution in [0.1, 0.15) is 77.6 Å². The second-order valence-electron chi connectivity index (χ2n) is 4.91. The molecule has 0 saturated carbocycles. The number of carbonyl (C=O) groups is 1. The SMILES string of the molecule is CCCC1CCCCCCCCCC(=O)O1. The van der Waals surface area contributed by atoms with E-state index in [0.29, 0.717) is 6.42 Å². The highest BCUT2D eigenvalue weighted by Crippen LogP contribution is 2.17. The van der Waals surface area contributed by atoms with E-state index in [1.807, 2.05) is 0 Å². The van der Waals surface area contributed by atoms with E-state index in [4.69, 9.17) is 4.74 Å². The molecule has 0 aliphatic carbocycles. The molecule has 0 aromatic rings. The van der Waals surface area contributed by atoms with Crippen LogP contribution in [-0.2, 0) is 9.53 Å². The van der Waals surface area contributed by atoms with Gasteiger partial charge in [-0.1, -0.05) is 45.4 Å². The van der Waals surface area contributed by atoms with E-state index in [-0.39, 0.29) is 12.1 Å². The van der Waals surface area contributed by atoms with Gasteiger partial charge in [0.05, 0.1) is 0 Å². The molecule has 2 nitrogen and oxygen atoms in total. The molecule has 1 fully saturated rings. The van der Waals surface area contributed by atoms with Gasteiger partial charge in [0.2, 0.25) is 0 Å². The molecule has 0 bridgehead atoms. The van der Waals surface area contributed by atoms with Crippen LogP contribution in [0.5, 0.6) is 0 Å². The molecule has 0 spiro atoms. The summed E-state index contributed by atoms with van der Waals surface area (Å²) in [6, 6.07) is 0. The van der Waals surface area contributed by atoms with Crippen LogP contribution < -0.4 is 0 Å². The van der Waals surface area contributed by atoms with Gasteiger partial charge >= 0.3 is 5.97 Å². The lowest BCUT2D eigenvalue weighted by atomic mass is 10.0. The molecule has 0 aromatic carbocycles. The highest BCUT2D eigenvalue weighted by Gasteiger charge is 2.13. The predicted octanol–water partition coefficient (Wildman–Crippen LogP) is 4.22. The summed E-state index contributed by atoms with van der Waals surface area (Å²) >= 11 is 0. The Morgan fingerprint density at radius 3 is 2.38 bits per heavy atom. The molecular formula is C14H26O2. The lowest BCUT2D eigenvalue weighted by Gasteiger charge is -2.18. The van der Waals surface area contributed by atoms with Gasteiger partial charge in [0.15, 0.2) is 0 Å². The molecule has 0 radical (unpaired) electrons. The van der Waals surface area contributed by atoms with E-state index in [0.717, 1.165) is 25.7 Å². The van der Waals surface area contributed by atoms with Gasteiger partial charge in [-0.05, 0) is 25.7 Å². The zero-order chi connectivity index (χ0) is 11.6. The maximum absolute atomic E-state index is 11.6. The van der Waals surface area contributed by atoms with Gasteiger partial charge in [-0.2, -0.15) is 0 Å². The van der Waals surface area contributed by atoms with Gasteiger partial charge in [0, 0.05) is 6.42 Å². The molecule has 0 aromatic heterocycles. The number of hydrogen-bond donors (Lipinski definition) is 0. The Hall–Kier alpha value is -0.530. The molecule has 0 amide bonds. The minimum atomic E-state index is 0.0269. The first-order valence-corrected chi connectivity index (χ1v) is 7.02. The average Bonchev–Trinajstić information content (AvgIpc) is 2.25. The van der Waals surface area contributed by atoms with Crippen molar-refractivity contribution in [2.24, 2.45) is 0 Å². The number of rotatable bonds is 2. The van der Waals surface area contributed by atoms with Crippen molar-refractivity contribution in [1.29, 1.82) is 0 Å². The minimum absolute atomic E-state index is 0.0269. The first-order valence-electron chi connectivity index (χ1n) is 7.02. The number of esters is 1. The van der Waals surface area contributed by atoms with Gasteiger partial charge in [-0.15, -0.1) is 0 Å². The number of cyclic esters (lactones) is 1. The fourth-order valence-electron chi connectivity index (χ4n) is 2.35. The molecule has 1 atom stereocenters. The van der Waals surface area contributed by atoms with Gasteiger partial charge < -0.3 is 4.74 Å². The van der Waals surface area contributed by atoms with Crippen LogP contribution in [0.25, 0.3) is 0 Å². The lowest BCUT2D eigenvalue weighted by molar-refractivity contribution is -0.150. The average molecular weight is 226 g/mol. The molecule has 0 N–H and O–H groups in total. The summed E-state index contributed by atoms with van der Waals surface area (Å²) in [5.41, 5.74) is 0. The van der Waals surface area contributed by atoms with Crippen LogP contribution in [-0.4, -0.2) is 12.1 Å². The van der Waals surface area contributed by atoms with Crippen molar-refractivity contribution >= 4 is 5.97 Å². The molecule has 1 rings (SSSR count). The molecule has 1 saturated heterocycles. The van der Waals surface area contributed by atoms with Crippen molar-refractivity contribution in [3.63, 3.8) is 0 Å². The standard InChI is InChI=1S/C14H26O2/c1-2-10-13-11-8-6-4-3-5-7-9-12-14(15)16-13/h13H,2-12H2,1H3. The first-order chi connectivity index (χ1) is 7.83. The lowest BCUT2D eigenvalue weighted by Crippen LogP contribution is -2.18. The van der Waals surface area contributed by atoms with Gasteiger partial charge in [0.1, 0.15) is 6.10 Å². The summed E-state index contributed by atoms with van der Waals surface area (Å²) in [7, 11) is 0. The van der Waals surface area contributed by atoms with Crippen molar-refractivity contribution in [2.45, 2.75) is 83.7 Å². The summed E-state index contributed by atoms with van der Waals surface area (Å²) in [5, 5.41) is 0. The zero-order valence-corrected chi connectivity index (χ0v) is 10.7. The minimum Gasteiger partial charge on any atom is -0.462 e. The second kappa shape index (κ2) is 8.60. The van der Waals surface area contributed by atoms with Crippen molar-refractivity contribution in [3.05, 3.63) is 0 Å². The predicted molar refractivity (Wildman–Crippen MR) is 66.3 cm³/mol. The Balaban J connectivity index is 2.34. The van der Waals surface area contributed by atoms with Crippen LogP contribution in [0.3, 0.4) is 0 Å². The van der Waals surface area contributed by atoms with Crippen LogP contribution in [0.15, 0.2) is 0 Å². The Kier molecular flexibility index (Phi) is 7.28. The fraction of sp³-hybridized carbons (Fsp3) is 0.929. The fourth-order valence-corrected chi connectivity index (χ4v) is 2.35. The Morgan fingerprint density at radius 2 is 1.69 bits per heavy atom. The molecule has 94 valence electrons. The van der Waals surface area contributed by atoms with E-state index in [1.54, 1.807) is 0 Å². The molecule has 16 heavy (non-hydrogen) atoms. The van der Waals surface area contributed by atoms with E-state index in [1.165, 1.54) is 38.5 Å². The molecule has 1 heterocycles. The monoisotopic (exact) mass is 226 g/mol. The van der Waals surface area contributed by atoms with Crippen LogP contribution in [0, 0.1) is 0 Å². The summed E-state index contributed by atoms with van der Waals surface area (Å²) in [6.45, 7) is 2.16. The molecule has 1 unspecified atom stereocenters. The Morgan fingerprint density at radius 1 is 1.06 bits per heavy atom. The van der Waals surface area contributed by atoms with Gasteiger partial charge in [-0.3, -0.25) is 4.79 Å². The maximum Gasteiger partial charge on any atom is 0.306 e. The Labute approximate surface area is 99.8 Å². The molecular weight excluding hydrogens is 200 g/mol. The second-order valence-corrected chi connectivity index (χ2v) is 4.91. The van der Waals surface area contributed by atoms with Gasteiger partial charge in [0.25, 0.3) is 0 Å². The van der Waals surface area contributed by atoms with Crippen molar-refractivity contribution in [3.8, 4) is 0 Å². The smallest absolute Gasteiger partial charge is 0.306 e. The number of carbonyl (C=O) groups excluding carboxylic acids is 1. The summed E-state index contributed by atoms with van der Waals surface area (Å²) in [5.74, 6) is 0.0269. The van der Waals surface area contributed by atoms with E-state index >= 15 is 0 Å². The third-order valence-electron chi connectivity index (χ3n) is 3.32. The third kappa shape index (κ3) is 6.14. The topological polar surface area (TPSA) is 26.3 Å². The van der Waals surface area contributed by atoms with Gasteiger partial charge in [-0.25, -0.2) is 0 Å². The normalized spacial score (nSPS) is 25.3. The van der Waals surface area contributed by atoms with Crippen LogP contribution in [0.2, 0.25) is 0 Å². The van der Waals surface area contributed by atoms with Crippen LogP contribution in [0.4, 0.5) is 0 Å². The van der Waals surface area contributed by atoms with E-state index in [2.05, 4.69) is 6.92 Å². The summed E-state index contributed by atoms with van der Waals surface area (Å²) in [6.07, 6.45) is 12.7.